The number of hydrogen-bond donors (Lipinski definition) is 1. The summed E-state index contributed by atoms with van der Waals surface area (Å²) in [4.78, 5) is 14.1. The fourth-order valence-corrected chi connectivity index (χ4v) is 2.47. The van der Waals surface area contributed by atoms with E-state index in [0.29, 0.717) is 16.5 Å². The van der Waals surface area contributed by atoms with Crippen LogP contribution < -0.4 is 5.32 Å². The van der Waals surface area contributed by atoms with Crippen LogP contribution in [0.3, 0.4) is 0 Å². The minimum atomic E-state index is 0.0890. The lowest BCUT2D eigenvalue weighted by atomic mass is 10.1. The normalized spacial score (nSPS) is 19.6. The van der Waals surface area contributed by atoms with Crippen LogP contribution in [0.15, 0.2) is 24.3 Å². The van der Waals surface area contributed by atoms with Crippen LogP contribution in [0.4, 0.5) is 0 Å². The van der Waals surface area contributed by atoms with Crippen molar-refractivity contribution >= 4 is 17.5 Å². The van der Waals surface area contributed by atoms with Gasteiger partial charge in [-0.2, -0.15) is 0 Å². The Balaban J connectivity index is 2.02. The third kappa shape index (κ3) is 2.99. The van der Waals surface area contributed by atoms with Gasteiger partial charge in [0.1, 0.15) is 0 Å². The highest BCUT2D eigenvalue weighted by Crippen LogP contribution is 2.19. The van der Waals surface area contributed by atoms with E-state index >= 15 is 0 Å². The Morgan fingerprint density at radius 2 is 2.41 bits per heavy atom. The smallest absolute Gasteiger partial charge is 0.253 e. The predicted octanol–water partition coefficient (Wildman–Crippen LogP) is 2.02. The van der Waals surface area contributed by atoms with Gasteiger partial charge >= 0.3 is 0 Å². The first kappa shape index (κ1) is 12.4. The summed E-state index contributed by atoms with van der Waals surface area (Å²) in [6.45, 7) is 2.66. The molecule has 17 heavy (non-hydrogen) atoms. The summed E-state index contributed by atoms with van der Waals surface area (Å²) in [7, 11) is 1.95. The van der Waals surface area contributed by atoms with Crippen LogP contribution in [0, 0.1) is 5.92 Å². The number of hydrogen-bond acceptors (Lipinski definition) is 2. The largest absolute Gasteiger partial charge is 0.338 e. The molecule has 1 N–H and O–H groups in total. The van der Waals surface area contributed by atoms with Gasteiger partial charge < -0.3 is 10.2 Å². The number of benzene rings is 1. The number of likely N-dealkylation sites (tertiary alicyclic amines) is 1. The highest BCUT2D eigenvalue weighted by molar-refractivity contribution is 6.30. The molecule has 1 aromatic rings. The third-order valence-corrected chi connectivity index (χ3v) is 3.37. The molecule has 1 unspecified atom stereocenters. The molecule has 92 valence electrons. The summed E-state index contributed by atoms with van der Waals surface area (Å²) in [6.07, 6.45) is 1.08. The molecule has 1 fully saturated rings. The Hall–Kier alpha value is -1.06. The summed E-state index contributed by atoms with van der Waals surface area (Å²) < 4.78 is 0. The molecular formula is C13H17ClN2O. The number of amides is 1. The molecule has 1 amide bonds. The van der Waals surface area contributed by atoms with Gasteiger partial charge in [0, 0.05) is 23.7 Å². The maximum atomic E-state index is 12.2. The molecule has 1 atom stereocenters. The minimum Gasteiger partial charge on any atom is -0.338 e. The Morgan fingerprint density at radius 3 is 3.12 bits per heavy atom. The van der Waals surface area contributed by atoms with Crippen molar-refractivity contribution < 1.29 is 4.79 Å². The number of rotatable bonds is 3. The summed E-state index contributed by atoms with van der Waals surface area (Å²) in [5.41, 5.74) is 0.683. The first-order valence-corrected chi connectivity index (χ1v) is 6.28. The van der Waals surface area contributed by atoms with Crippen LogP contribution >= 0.6 is 11.6 Å². The number of carbonyl (C=O) groups excluding carboxylic acids is 1. The topological polar surface area (TPSA) is 32.3 Å². The SMILES string of the molecule is CNCC1CCN(C(=O)c2cccc(Cl)c2)C1. The Morgan fingerprint density at radius 1 is 1.59 bits per heavy atom. The van der Waals surface area contributed by atoms with E-state index in [1.165, 1.54) is 0 Å². The van der Waals surface area contributed by atoms with Crippen molar-refractivity contribution in [2.75, 3.05) is 26.7 Å². The van der Waals surface area contributed by atoms with Crippen LogP contribution in [0.1, 0.15) is 16.8 Å². The van der Waals surface area contributed by atoms with Gasteiger partial charge in [0.15, 0.2) is 0 Å². The van der Waals surface area contributed by atoms with Gasteiger partial charge in [0.05, 0.1) is 0 Å². The van der Waals surface area contributed by atoms with Crippen LogP contribution in [0.2, 0.25) is 5.02 Å². The summed E-state index contributed by atoms with van der Waals surface area (Å²) in [6, 6.07) is 7.15. The Kier molecular flexibility index (Phi) is 4.02. The molecule has 0 aromatic heterocycles. The lowest BCUT2D eigenvalue weighted by Gasteiger charge is -2.16. The second-order valence-electron chi connectivity index (χ2n) is 4.47. The molecule has 0 radical (unpaired) electrons. The van der Waals surface area contributed by atoms with Gasteiger partial charge in [-0.15, -0.1) is 0 Å². The van der Waals surface area contributed by atoms with E-state index in [-0.39, 0.29) is 5.91 Å². The van der Waals surface area contributed by atoms with E-state index in [9.17, 15) is 4.79 Å². The molecule has 1 aliphatic rings. The second kappa shape index (κ2) is 5.52. The number of nitrogens with zero attached hydrogens (tertiary/aromatic N) is 1. The summed E-state index contributed by atoms with van der Waals surface area (Å²) in [5.74, 6) is 0.661. The van der Waals surface area contributed by atoms with Crippen LogP contribution in [-0.2, 0) is 0 Å². The second-order valence-corrected chi connectivity index (χ2v) is 4.91. The van der Waals surface area contributed by atoms with Gasteiger partial charge in [0.2, 0.25) is 0 Å². The molecular weight excluding hydrogens is 236 g/mol. The maximum absolute atomic E-state index is 12.2. The molecule has 1 aromatic carbocycles. The molecule has 1 aliphatic heterocycles. The van der Waals surface area contributed by atoms with Crippen molar-refractivity contribution in [3.8, 4) is 0 Å². The molecule has 0 bridgehead atoms. The van der Waals surface area contributed by atoms with Gasteiger partial charge in [-0.25, -0.2) is 0 Å². The molecule has 2 rings (SSSR count). The average Bonchev–Trinajstić information content (AvgIpc) is 2.77. The quantitative estimate of drug-likeness (QED) is 0.893. The summed E-state index contributed by atoms with van der Waals surface area (Å²) in [5, 5.41) is 3.77. The van der Waals surface area contributed by atoms with E-state index in [4.69, 9.17) is 11.6 Å². The zero-order chi connectivity index (χ0) is 12.3. The fourth-order valence-electron chi connectivity index (χ4n) is 2.28. The fraction of sp³-hybridized carbons (Fsp3) is 0.462. The highest BCUT2D eigenvalue weighted by Gasteiger charge is 2.26. The van der Waals surface area contributed by atoms with Crippen LogP contribution in [0.5, 0.6) is 0 Å². The highest BCUT2D eigenvalue weighted by atomic mass is 35.5. The van der Waals surface area contributed by atoms with E-state index in [1.807, 2.05) is 24.1 Å². The predicted molar refractivity (Wildman–Crippen MR) is 69.4 cm³/mol. The number of carbonyl (C=O) groups is 1. The van der Waals surface area contributed by atoms with E-state index in [1.54, 1.807) is 12.1 Å². The van der Waals surface area contributed by atoms with Crippen LogP contribution in [0.25, 0.3) is 0 Å². The van der Waals surface area contributed by atoms with Gasteiger partial charge in [-0.1, -0.05) is 17.7 Å². The zero-order valence-corrected chi connectivity index (χ0v) is 10.7. The van der Waals surface area contributed by atoms with Crippen molar-refractivity contribution in [2.24, 2.45) is 5.92 Å². The molecule has 0 saturated carbocycles. The first-order chi connectivity index (χ1) is 8.20. The van der Waals surface area contributed by atoms with Gasteiger partial charge in [-0.05, 0) is 44.1 Å². The maximum Gasteiger partial charge on any atom is 0.253 e. The third-order valence-electron chi connectivity index (χ3n) is 3.14. The van der Waals surface area contributed by atoms with Crippen molar-refractivity contribution in [1.29, 1.82) is 0 Å². The van der Waals surface area contributed by atoms with E-state index < -0.39 is 0 Å². The molecule has 0 spiro atoms. The van der Waals surface area contributed by atoms with Crippen molar-refractivity contribution in [1.82, 2.24) is 10.2 Å². The molecule has 0 aliphatic carbocycles. The molecule has 1 heterocycles. The average molecular weight is 253 g/mol. The van der Waals surface area contributed by atoms with Crippen molar-refractivity contribution in [2.45, 2.75) is 6.42 Å². The molecule has 1 saturated heterocycles. The van der Waals surface area contributed by atoms with Crippen molar-refractivity contribution in [3.05, 3.63) is 34.9 Å². The zero-order valence-electron chi connectivity index (χ0n) is 9.95. The van der Waals surface area contributed by atoms with Crippen LogP contribution in [-0.4, -0.2) is 37.5 Å². The Labute approximate surface area is 107 Å². The monoisotopic (exact) mass is 252 g/mol. The standard InChI is InChI=1S/C13H17ClN2O/c1-15-8-10-5-6-16(9-10)13(17)11-3-2-4-12(14)7-11/h2-4,7,10,15H,5-6,8-9H2,1H3. The lowest BCUT2D eigenvalue weighted by Crippen LogP contribution is -2.30. The van der Waals surface area contributed by atoms with E-state index in [0.717, 1.165) is 26.1 Å². The van der Waals surface area contributed by atoms with Crippen molar-refractivity contribution in [3.63, 3.8) is 0 Å². The first-order valence-electron chi connectivity index (χ1n) is 5.90. The number of halogens is 1. The summed E-state index contributed by atoms with van der Waals surface area (Å²) >= 11 is 5.89. The number of nitrogens with one attached hydrogen (secondary N) is 1. The molecule has 3 nitrogen and oxygen atoms in total. The van der Waals surface area contributed by atoms with E-state index in [2.05, 4.69) is 5.32 Å². The lowest BCUT2D eigenvalue weighted by molar-refractivity contribution is 0.0787. The van der Waals surface area contributed by atoms with Gasteiger partial charge in [0.25, 0.3) is 5.91 Å². The Bertz CT molecular complexity index is 408. The minimum absolute atomic E-state index is 0.0890. The molecule has 4 heteroatoms. The van der Waals surface area contributed by atoms with Gasteiger partial charge in [-0.3, -0.25) is 4.79 Å².